The maximum atomic E-state index is 13.1. The minimum Gasteiger partial charge on any atom is -0.452 e. The molecule has 0 saturated heterocycles. The number of ether oxygens (including phenoxy) is 1. The third-order valence-corrected chi connectivity index (χ3v) is 2.62. The first-order valence-corrected chi connectivity index (χ1v) is 6.40. The van der Waals surface area contributed by atoms with Gasteiger partial charge in [-0.25, -0.2) is 9.18 Å². The molecule has 0 saturated carbocycles. The van der Waals surface area contributed by atoms with Gasteiger partial charge in [0.1, 0.15) is 5.82 Å². The molecule has 0 radical (unpaired) electrons. The predicted molar refractivity (Wildman–Crippen MR) is 83.9 cm³/mol. The number of benzene rings is 1. The average molecular weight is 312 g/mol. The van der Waals surface area contributed by atoms with Crippen LogP contribution < -0.4 is 5.32 Å². The van der Waals surface area contributed by atoms with Gasteiger partial charge in [-0.05, 0) is 30.4 Å². The second-order valence-electron chi connectivity index (χ2n) is 4.28. The largest absolute Gasteiger partial charge is 0.452 e. The minimum absolute atomic E-state index is 0.0973. The Bertz CT molecular complexity index is 563. The molecule has 114 valence electrons. The quantitative estimate of drug-likeness (QED) is 0.489. The lowest BCUT2D eigenvalue weighted by Crippen LogP contribution is -2.42. The Kier molecular flexibility index (Phi) is 6.04. The number of guanidine groups is 1. The number of anilines is 1. The van der Waals surface area contributed by atoms with Crippen molar-refractivity contribution >= 4 is 35.1 Å². The molecule has 0 atom stereocenters. The first-order valence-electron chi connectivity index (χ1n) is 5.99. The van der Waals surface area contributed by atoms with Crippen molar-refractivity contribution in [2.75, 3.05) is 33.6 Å². The van der Waals surface area contributed by atoms with E-state index in [2.05, 4.69) is 15.0 Å². The minimum atomic E-state index is -0.573. The van der Waals surface area contributed by atoms with Gasteiger partial charge in [0.25, 0.3) is 0 Å². The number of hydrogen-bond donors (Lipinski definition) is 1. The molecule has 0 heterocycles. The van der Waals surface area contributed by atoms with Gasteiger partial charge < -0.3 is 15.0 Å². The Morgan fingerprint density at radius 1 is 1.38 bits per heavy atom. The lowest BCUT2D eigenvalue weighted by molar-refractivity contribution is 0.149. The molecule has 8 heteroatoms. The van der Waals surface area contributed by atoms with Crippen molar-refractivity contribution in [1.82, 2.24) is 9.80 Å². The summed E-state index contributed by atoms with van der Waals surface area (Å²) in [5.41, 5.74) is 0.475. The normalized spacial score (nSPS) is 10.8. The summed E-state index contributed by atoms with van der Waals surface area (Å²) < 4.78 is 17.7. The van der Waals surface area contributed by atoms with Gasteiger partial charge in [-0.15, -0.1) is 0 Å². The molecule has 0 spiro atoms. The predicted octanol–water partition coefficient (Wildman–Crippen LogP) is 2.14. The summed E-state index contributed by atoms with van der Waals surface area (Å²) in [6.45, 7) is 0. The molecule has 6 nitrogen and oxygen atoms in total. The molecule has 0 aliphatic rings. The van der Waals surface area contributed by atoms with Gasteiger partial charge in [-0.1, -0.05) is 6.07 Å². The van der Waals surface area contributed by atoms with Crippen LogP contribution in [0.4, 0.5) is 14.9 Å². The molecule has 0 aromatic heterocycles. The number of thiocarbonyl (C=S) groups is 1. The lowest BCUT2D eigenvalue weighted by Gasteiger charge is -2.23. The summed E-state index contributed by atoms with van der Waals surface area (Å²) >= 11 is 5.09. The highest BCUT2D eigenvalue weighted by Crippen LogP contribution is 2.09. The number of nitrogens with zero attached hydrogens (tertiary/aromatic N) is 3. The number of hydrogen-bond acceptors (Lipinski definition) is 3. The molecule has 0 fully saturated rings. The Hall–Kier alpha value is -2.22. The zero-order valence-corrected chi connectivity index (χ0v) is 13.1. The fraction of sp³-hybridized carbons (Fsp3) is 0.308. The van der Waals surface area contributed by atoms with E-state index in [0.717, 1.165) is 0 Å². The van der Waals surface area contributed by atoms with Crippen molar-refractivity contribution in [3.05, 3.63) is 30.1 Å². The van der Waals surface area contributed by atoms with Gasteiger partial charge in [0.2, 0.25) is 11.1 Å². The van der Waals surface area contributed by atoms with Crippen molar-refractivity contribution in [1.29, 1.82) is 0 Å². The van der Waals surface area contributed by atoms with E-state index in [1.54, 1.807) is 31.1 Å². The Labute approximate surface area is 128 Å². The smallest absolute Gasteiger partial charge is 0.416 e. The maximum Gasteiger partial charge on any atom is 0.416 e. The Morgan fingerprint density at radius 2 is 2.05 bits per heavy atom. The SMILES string of the molecule is COC(=O)N(C)/C(=N/C(=S)Nc1cccc(F)c1)N(C)C. The molecule has 0 aliphatic heterocycles. The number of carbonyl (C=O) groups excluding carboxylic acids is 1. The van der Waals surface area contributed by atoms with Crippen LogP contribution in [-0.2, 0) is 4.74 Å². The number of amides is 1. The summed E-state index contributed by atoms with van der Waals surface area (Å²) in [7, 11) is 6.21. The van der Waals surface area contributed by atoms with Gasteiger partial charge in [0.15, 0.2) is 0 Å². The van der Waals surface area contributed by atoms with Crippen LogP contribution in [0.25, 0.3) is 0 Å². The van der Waals surface area contributed by atoms with Crippen molar-refractivity contribution < 1.29 is 13.9 Å². The van der Waals surface area contributed by atoms with Crippen LogP contribution in [0.5, 0.6) is 0 Å². The van der Waals surface area contributed by atoms with Crippen LogP contribution in [0.1, 0.15) is 0 Å². The summed E-state index contributed by atoms with van der Waals surface area (Å²) in [4.78, 5) is 18.5. The third kappa shape index (κ3) is 4.99. The van der Waals surface area contributed by atoms with E-state index in [1.807, 2.05) is 0 Å². The molecule has 1 rings (SSSR count). The van der Waals surface area contributed by atoms with E-state index < -0.39 is 6.09 Å². The topological polar surface area (TPSA) is 57.2 Å². The monoisotopic (exact) mass is 312 g/mol. The van der Waals surface area contributed by atoms with Crippen molar-refractivity contribution in [2.45, 2.75) is 0 Å². The molecule has 1 aromatic rings. The average Bonchev–Trinajstić information content (AvgIpc) is 2.42. The van der Waals surface area contributed by atoms with E-state index >= 15 is 0 Å². The fourth-order valence-corrected chi connectivity index (χ4v) is 1.70. The summed E-state index contributed by atoms with van der Waals surface area (Å²) in [5, 5.41) is 2.88. The van der Waals surface area contributed by atoms with Crippen LogP contribution >= 0.6 is 12.2 Å². The third-order valence-electron chi connectivity index (χ3n) is 2.43. The highest BCUT2D eigenvalue weighted by atomic mass is 32.1. The van der Waals surface area contributed by atoms with Crippen molar-refractivity contribution in [3.63, 3.8) is 0 Å². The van der Waals surface area contributed by atoms with E-state index in [4.69, 9.17) is 12.2 Å². The van der Waals surface area contributed by atoms with Crippen LogP contribution in [0, 0.1) is 5.82 Å². The van der Waals surface area contributed by atoms with E-state index in [1.165, 1.54) is 31.2 Å². The van der Waals surface area contributed by atoms with Crippen LogP contribution in [0.15, 0.2) is 29.3 Å². The lowest BCUT2D eigenvalue weighted by atomic mass is 10.3. The molecule has 0 aliphatic carbocycles. The van der Waals surface area contributed by atoms with Gasteiger partial charge in [-0.3, -0.25) is 4.90 Å². The molecule has 0 unspecified atom stereocenters. The second kappa shape index (κ2) is 7.53. The number of nitrogens with one attached hydrogen (secondary N) is 1. The van der Waals surface area contributed by atoms with Gasteiger partial charge in [-0.2, -0.15) is 4.99 Å². The maximum absolute atomic E-state index is 13.1. The zero-order chi connectivity index (χ0) is 16.0. The molecule has 1 aromatic carbocycles. The van der Waals surface area contributed by atoms with Crippen molar-refractivity contribution in [3.8, 4) is 0 Å². The number of carbonyl (C=O) groups is 1. The fourth-order valence-electron chi connectivity index (χ4n) is 1.50. The first kappa shape index (κ1) is 16.8. The number of rotatable bonds is 1. The van der Waals surface area contributed by atoms with E-state index in [0.29, 0.717) is 5.69 Å². The standard InChI is InChI=1S/C13H17FN4O2S/c1-17(2)12(18(3)13(19)20-4)16-11(21)15-10-7-5-6-9(14)8-10/h5-8H,1-4H3,(H,15,21)/b16-12+. The molecule has 0 bridgehead atoms. The first-order chi connectivity index (χ1) is 9.85. The summed E-state index contributed by atoms with van der Waals surface area (Å²) in [5.74, 6) is -0.0953. The number of halogens is 1. The van der Waals surface area contributed by atoms with E-state index in [-0.39, 0.29) is 16.9 Å². The summed E-state index contributed by atoms with van der Waals surface area (Å²) in [6, 6.07) is 5.83. The van der Waals surface area contributed by atoms with E-state index in [9.17, 15) is 9.18 Å². The highest BCUT2D eigenvalue weighted by molar-refractivity contribution is 7.80. The number of methoxy groups -OCH3 is 1. The summed E-state index contributed by atoms with van der Waals surface area (Å²) in [6.07, 6.45) is -0.573. The second-order valence-corrected chi connectivity index (χ2v) is 4.66. The molecule has 1 N–H and O–H groups in total. The number of aliphatic imine (C=N–C) groups is 1. The van der Waals surface area contributed by atoms with Gasteiger partial charge in [0.05, 0.1) is 7.11 Å². The van der Waals surface area contributed by atoms with Crippen molar-refractivity contribution in [2.24, 2.45) is 4.99 Å². The van der Waals surface area contributed by atoms with Gasteiger partial charge >= 0.3 is 6.09 Å². The Balaban J connectivity index is 2.90. The molecular weight excluding hydrogens is 295 g/mol. The zero-order valence-electron chi connectivity index (χ0n) is 12.3. The van der Waals surface area contributed by atoms with Crippen LogP contribution in [-0.4, -0.2) is 55.2 Å². The van der Waals surface area contributed by atoms with Crippen LogP contribution in [0.3, 0.4) is 0 Å². The molecule has 21 heavy (non-hydrogen) atoms. The Morgan fingerprint density at radius 3 is 2.57 bits per heavy atom. The highest BCUT2D eigenvalue weighted by Gasteiger charge is 2.17. The molecule has 1 amide bonds. The van der Waals surface area contributed by atoms with Crippen LogP contribution in [0.2, 0.25) is 0 Å². The van der Waals surface area contributed by atoms with Gasteiger partial charge in [0, 0.05) is 26.8 Å². The molecular formula is C13H17FN4O2S.